The van der Waals surface area contributed by atoms with Gasteiger partial charge in [-0.1, -0.05) is 19.7 Å². The van der Waals surface area contributed by atoms with Gasteiger partial charge in [-0.3, -0.25) is 0 Å². The average Bonchev–Trinajstić information content (AvgIpc) is 2.78. The van der Waals surface area contributed by atoms with Crippen LogP contribution in [0.3, 0.4) is 0 Å². The SMILES string of the molecule is C=COCOCCCn1c(=O)n(CCCOCOC=C)c(=O)n(CCOCOC=C)c1=O. The highest BCUT2D eigenvalue weighted by Crippen LogP contribution is 1.90. The van der Waals surface area contributed by atoms with Crippen molar-refractivity contribution in [1.29, 1.82) is 0 Å². The molecule has 0 spiro atoms. The molecule has 12 nitrogen and oxygen atoms in total. The highest BCUT2D eigenvalue weighted by Gasteiger charge is 2.15. The van der Waals surface area contributed by atoms with E-state index in [0.717, 1.165) is 13.7 Å². The van der Waals surface area contributed by atoms with Gasteiger partial charge in [0, 0.05) is 13.1 Å². The Labute approximate surface area is 185 Å². The maximum atomic E-state index is 12.8. The van der Waals surface area contributed by atoms with Crippen LogP contribution < -0.4 is 17.1 Å². The third kappa shape index (κ3) is 9.37. The highest BCUT2D eigenvalue weighted by molar-refractivity contribution is 4.79. The zero-order valence-corrected chi connectivity index (χ0v) is 18.1. The molecule has 0 aliphatic carbocycles. The zero-order valence-electron chi connectivity index (χ0n) is 18.1. The van der Waals surface area contributed by atoms with Crippen LogP contribution in [0, 0.1) is 0 Å². The Morgan fingerprint density at radius 2 is 0.906 bits per heavy atom. The molecule has 0 amide bonds. The summed E-state index contributed by atoms with van der Waals surface area (Å²) >= 11 is 0. The summed E-state index contributed by atoms with van der Waals surface area (Å²) in [5.74, 6) is 0. The Bertz CT molecular complexity index is 814. The molecule has 0 unspecified atom stereocenters. The third-order valence-electron chi connectivity index (χ3n) is 3.99. The molecule has 0 saturated heterocycles. The van der Waals surface area contributed by atoms with E-state index in [2.05, 4.69) is 19.7 Å². The maximum absolute atomic E-state index is 12.8. The Balaban J connectivity index is 2.94. The second-order valence-electron chi connectivity index (χ2n) is 6.09. The average molecular weight is 457 g/mol. The van der Waals surface area contributed by atoms with E-state index in [1.807, 2.05) is 0 Å². The minimum atomic E-state index is -0.720. The Hall–Kier alpha value is -3.09. The summed E-state index contributed by atoms with van der Waals surface area (Å²) in [5.41, 5.74) is -2.14. The minimum Gasteiger partial charge on any atom is -0.476 e. The molecule has 0 radical (unpaired) electrons. The van der Waals surface area contributed by atoms with Gasteiger partial charge in [0.1, 0.15) is 0 Å². The van der Waals surface area contributed by atoms with Gasteiger partial charge in [-0.15, -0.1) is 0 Å². The lowest BCUT2D eigenvalue weighted by Gasteiger charge is -2.14. The predicted molar refractivity (Wildman–Crippen MR) is 115 cm³/mol. The van der Waals surface area contributed by atoms with E-state index in [9.17, 15) is 14.4 Å². The van der Waals surface area contributed by atoms with Gasteiger partial charge in [0.25, 0.3) is 0 Å². The molecule has 32 heavy (non-hydrogen) atoms. The number of ether oxygens (including phenoxy) is 6. The first-order chi connectivity index (χ1) is 15.6. The fourth-order valence-corrected chi connectivity index (χ4v) is 2.53. The third-order valence-corrected chi connectivity index (χ3v) is 3.99. The minimum absolute atomic E-state index is 0.0157. The smallest absolute Gasteiger partial charge is 0.336 e. The summed E-state index contributed by atoms with van der Waals surface area (Å²) in [6.45, 7) is 10.8. The summed E-state index contributed by atoms with van der Waals surface area (Å²) < 4.78 is 33.1. The molecule has 0 aliphatic rings. The molecule has 0 atom stereocenters. The van der Waals surface area contributed by atoms with Gasteiger partial charge in [-0.25, -0.2) is 28.1 Å². The van der Waals surface area contributed by atoms with Crippen LogP contribution in [0.15, 0.2) is 52.9 Å². The van der Waals surface area contributed by atoms with Gasteiger partial charge in [-0.05, 0) is 12.8 Å². The molecule has 0 saturated carbocycles. The van der Waals surface area contributed by atoms with E-state index < -0.39 is 17.1 Å². The van der Waals surface area contributed by atoms with E-state index in [4.69, 9.17) is 28.4 Å². The van der Waals surface area contributed by atoms with E-state index >= 15 is 0 Å². The molecule has 0 aliphatic heterocycles. The van der Waals surface area contributed by atoms with Crippen LogP contribution in [-0.4, -0.2) is 53.9 Å². The standard InChI is InChI=1S/C20H31N3O9/c1-4-27-15-30-12-7-9-21-18(24)22(10-8-13-31-16-28-5-2)20(26)23(19(21)25)11-14-32-17-29-6-3/h4-6H,1-3,7-17H2. The quantitative estimate of drug-likeness (QED) is 0.155. The summed E-state index contributed by atoms with van der Waals surface area (Å²) in [5, 5.41) is 0. The van der Waals surface area contributed by atoms with Crippen molar-refractivity contribution in [2.24, 2.45) is 0 Å². The summed E-state index contributed by atoms with van der Waals surface area (Å²) in [7, 11) is 0. The van der Waals surface area contributed by atoms with Gasteiger partial charge in [0.15, 0.2) is 20.4 Å². The lowest BCUT2D eigenvalue weighted by Crippen LogP contribution is -2.55. The molecule has 12 heteroatoms. The lowest BCUT2D eigenvalue weighted by atomic mass is 10.4. The van der Waals surface area contributed by atoms with Gasteiger partial charge in [0.2, 0.25) is 0 Å². The number of rotatable bonds is 20. The first-order valence-electron chi connectivity index (χ1n) is 9.93. The second-order valence-corrected chi connectivity index (χ2v) is 6.09. The predicted octanol–water partition coefficient (Wildman–Crippen LogP) is 0.355. The van der Waals surface area contributed by atoms with Gasteiger partial charge in [0.05, 0.1) is 45.2 Å². The van der Waals surface area contributed by atoms with Crippen molar-refractivity contribution in [3.63, 3.8) is 0 Å². The van der Waals surface area contributed by atoms with Crippen molar-refractivity contribution in [2.45, 2.75) is 32.5 Å². The van der Waals surface area contributed by atoms with E-state index in [1.165, 1.54) is 18.8 Å². The largest absolute Gasteiger partial charge is 0.476 e. The van der Waals surface area contributed by atoms with Crippen molar-refractivity contribution in [2.75, 3.05) is 40.2 Å². The molecule has 1 heterocycles. The maximum Gasteiger partial charge on any atom is 0.336 e. The lowest BCUT2D eigenvalue weighted by molar-refractivity contribution is -0.0158. The number of aromatic nitrogens is 3. The molecule has 1 rings (SSSR count). The second kappa shape index (κ2) is 16.6. The molecule has 1 aromatic rings. The van der Waals surface area contributed by atoms with Crippen molar-refractivity contribution >= 4 is 0 Å². The highest BCUT2D eigenvalue weighted by atomic mass is 16.7. The summed E-state index contributed by atoms with van der Waals surface area (Å²) in [4.78, 5) is 38.4. The van der Waals surface area contributed by atoms with Crippen LogP contribution >= 0.6 is 0 Å². The van der Waals surface area contributed by atoms with Crippen LogP contribution in [0.1, 0.15) is 12.8 Å². The Morgan fingerprint density at radius 1 is 0.562 bits per heavy atom. The van der Waals surface area contributed by atoms with Crippen LogP contribution in [0.5, 0.6) is 0 Å². The molecule has 0 aromatic carbocycles. The van der Waals surface area contributed by atoms with E-state index in [-0.39, 0.29) is 59.8 Å². The molecular weight excluding hydrogens is 426 g/mol. The van der Waals surface area contributed by atoms with Gasteiger partial charge < -0.3 is 28.4 Å². The molecule has 180 valence electrons. The van der Waals surface area contributed by atoms with Crippen LogP contribution in [0.25, 0.3) is 0 Å². The first kappa shape index (κ1) is 26.9. The van der Waals surface area contributed by atoms with Crippen molar-refractivity contribution in [1.82, 2.24) is 13.7 Å². The summed E-state index contributed by atoms with van der Waals surface area (Å²) in [6.07, 6.45) is 4.42. The fourth-order valence-electron chi connectivity index (χ4n) is 2.53. The van der Waals surface area contributed by atoms with Crippen molar-refractivity contribution < 1.29 is 28.4 Å². The first-order valence-corrected chi connectivity index (χ1v) is 9.93. The molecule has 1 aromatic heterocycles. The monoisotopic (exact) mass is 457 g/mol. The van der Waals surface area contributed by atoms with Crippen LogP contribution in [0.4, 0.5) is 0 Å². The summed E-state index contributed by atoms with van der Waals surface area (Å²) in [6, 6.07) is 0. The molecule has 0 bridgehead atoms. The molecular formula is C20H31N3O9. The van der Waals surface area contributed by atoms with Crippen molar-refractivity contribution in [3.05, 3.63) is 70.0 Å². The number of hydrogen-bond acceptors (Lipinski definition) is 9. The zero-order chi connectivity index (χ0) is 23.6. The van der Waals surface area contributed by atoms with Crippen LogP contribution in [-0.2, 0) is 48.1 Å². The molecule has 0 fully saturated rings. The normalized spacial score (nSPS) is 10.5. The number of hydrogen-bond donors (Lipinski definition) is 0. The van der Waals surface area contributed by atoms with Gasteiger partial charge >= 0.3 is 17.1 Å². The van der Waals surface area contributed by atoms with E-state index in [0.29, 0.717) is 12.8 Å². The van der Waals surface area contributed by atoms with Crippen molar-refractivity contribution in [3.8, 4) is 0 Å². The topological polar surface area (TPSA) is 121 Å². The molecule has 0 N–H and O–H groups in total. The fraction of sp³-hybridized carbons (Fsp3) is 0.550. The number of nitrogens with zero attached hydrogens (tertiary/aromatic N) is 3. The Morgan fingerprint density at radius 3 is 1.28 bits per heavy atom. The van der Waals surface area contributed by atoms with E-state index in [1.54, 1.807) is 0 Å². The van der Waals surface area contributed by atoms with Gasteiger partial charge in [-0.2, -0.15) is 0 Å². The Kier molecular flexibility index (Phi) is 14.0. The van der Waals surface area contributed by atoms with Crippen LogP contribution in [0.2, 0.25) is 0 Å².